The van der Waals surface area contributed by atoms with E-state index in [-0.39, 0.29) is 0 Å². The first kappa shape index (κ1) is 13.5. The number of amides is 1. The number of hydrogen-bond donors (Lipinski definition) is 1. The van der Waals surface area contributed by atoms with Crippen molar-refractivity contribution in [2.24, 2.45) is 5.73 Å². The number of benzene rings is 1. The average molecular weight is 248 g/mol. The summed E-state index contributed by atoms with van der Waals surface area (Å²) in [6.07, 6.45) is -0.864. The summed E-state index contributed by atoms with van der Waals surface area (Å²) in [6, 6.07) is 8.23. The van der Waals surface area contributed by atoms with Gasteiger partial charge in [-0.25, -0.2) is 4.79 Å². The van der Waals surface area contributed by atoms with Crippen LogP contribution in [0, 0.1) is 11.3 Å². The smallest absolute Gasteiger partial charge is 0.347 e. The van der Waals surface area contributed by atoms with Crippen molar-refractivity contribution in [2.45, 2.75) is 13.0 Å². The van der Waals surface area contributed by atoms with E-state index in [0.717, 1.165) is 0 Å². The van der Waals surface area contributed by atoms with Gasteiger partial charge < -0.3 is 15.2 Å². The van der Waals surface area contributed by atoms with Crippen LogP contribution in [0.25, 0.3) is 0 Å². The van der Waals surface area contributed by atoms with Crippen LogP contribution in [0.3, 0.4) is 0 Å². The largest absolute Gasteiger partial charge is 0.479 e. The monoisotopic (exact) mass is 248 g/mol. The molecule has 1 atom stereocenters. The summed E-state index contributed by atoms with van der Waals surface area (Å²) in [7, 11) is 0. The van der Waals surface area contributed by atoms with E-state index in [9.17, 15) is 9.59 Å². The molecule has 0 fully saturated rings. The zero-order valence-electron chi connectivity index (χ0n) is 9.75. The van der Waals surface area contributed by atoms with Gasteiger partial charge in [0.25, 0.3) is 5.91 Å². The van der Waals surface area contributed by atoms with E-state index in [1.807, 2.05) is 6.07 Å². The summed E-state index contributed by atoms with van der Waals surface area (Å²) in [6.45, 7) is 1.02. The molecule has 6 nitrogen and oxygen atoms in total. The Morgan fingerprint density at radius 2 is 2.00 bits per heavy atom. The average Bonchev–Trinajstić information content (AvgIpc) is 2.36. The molecule has 0 saturated heterocycles. The number of primary amides is 1. The molecule has 1 amide bonds. The number of nitrogens with two attached hydrogens (primary N) is 1. The highest BCUT2D eigenvalue weighted by Gasteiger charge is 2.16. The lowest BCUT2D eigenvalue weighted by Gasteiger charge is -2.13. The van der Waals surface area contributed by atoms with E-state index in [2.05, 4.69) is 4.74 Å². The molecule has 0 aromatic heterocycles. The molecule has 1 aromatic carbocycles. The molecule has 0 unspecified atom stereocenters. The molecule has 0 bridgehead atoms. The van der Waals surface area contributed by atoms with Crippen LogP contribution in [0.2, 0.25) is 0 Å². The van der Waals surface area contributed by atoms with Gasteiger partial charge in [-0.3, -0.25) is 4.79 Å². The molecule has 18 heavy (non-hydrogen) atoms. The minimum Gasteiger partial charge on any atom is -0.479 e. The Balaban J connectivity index is 2.53. The van der Waals surface area contributed by atoms with Gasteiger partial charge in [0, 0.05) is 0 Å². The summed E-state index contributed by atoms with van der Waals surface area (Å²) >= 11 is 0. The fraction of sp³-hybridized carbons (Fsp3) is 0.250. The van der Waals surface area contributed by atoms with Crippen molar-refractivity contribution in [1.82, 2.24) is 0 Å². The van der Waals surface area contributed by atoms with Crippen LogP contribution in [-0.4, -0.2) is 24.6 Å². The molecule has 2 N–H and O–H groups in total. The molecule has 94 valence electrons. The van der Waals surface area contributed by atoms with Crippen molar-refractivity contribution < 1.29 is 19.1 Å². The van der Waals surface area contributed by atoms with E-state index in [1.165, 1.54) is 6.92 Å². The third-order valence-corrected chi connectivity index (χ3v) is 1.98. The van der Waals surface area contributed by atoms with Gasteiger partial charge in [0.15, 0.2) is 12.7 Å². The number of nitrogens with zero attached hydrogens (tertiary/aromatic N) is 1. The number of ether oxygens (including phenoxy) is 2. The highest BCUT2D eigenvalue weighted by molar-refractivity contribution is 5.80. The van der Waals surface area contributed by atoms with Crippen molar-refractivity contribution in [3.63, 3.8) is 0 Å². The SMILES string of the molecule is C[C@H](Oc1ccc(C#N)cc1)C(=O)OCC(N)=O. The Morgan fingerprint density at radius 1 is 1.39 bits per heavy atom. The Morgan fingerprint density at radius 3 is 2.50 bits per heavy atom. The maximum Gasteiger partial charge on any atom is 0.347 e. The normalized spacial score (nSPS) is 11.1. The summed E-state index contributed by atoms with van der Waals surface area (Å²) in [5, 5.41) is 8.61. The third kappa shape index (κ3) is 4.14. The second-order valence-corrected chi connectivity index (χ2v) is 3.47. The topological polar surface area (TPSA) is 102 Å². The number of nitriles is 1. The van der Waals surface area contributed by atoms with Gasteiger partial charge in [-0.1, -0.05) is 0 Å². The zero-order valence-corrected chi connectivity index (χ0v) is 9.75. The number of carbonyl (C=O) groups is 2. The van der Waals surface area contributed by atoms with Crippen molar-refractivity contribution >= 4 is 11.9 Å². The molecule has 0 aliphatic rings. The first-order valence-electron chi connectivity index (χ1n) is 5.14. The minimum atomic E-state index is -0.864. The van der Waals surface area contributed by atoms with E-state index in [1.54, 1.807) is 24.3 Å². The molecule has 0 spiro atoms. The van der Waals surface area contributed by atoms with E-state index in [0.29, 0.717) is 11.3 Å². The van der Waals surface area contributed by atoms with Gasteiger partial charge in [0.1, 0.15) is 5.75 Å². The van der Waals surface area contributed by atoms with Gasteiger partial charge >= 0.3 is 5.97 Å². The van der Waals surface area contributed by atoms with Crippen LogP contribution in [-0.2, 0) is 14.3 Å². The van der Waals surface area contributed by atoms with Gasteiger partial charge in [0.2, 0.25) is 0 Å². The number of rotatable bonds is 5. The summed E-state index contributed by atoms with van der Waals surface area (Å²) in [5.41, 5.74) is 5.33. The number of hydrogen-bond acceptors (Lipinski definition) is 5. The molecule has 0 aliphatic heterocycles. The van der Waals surface area contributed by atoms with Gasteiger partial charge in [-0.2, -0.15) is 5.26 Å². The van der Waals surface area contributed by atoms with Crippen LogP contribution in [0.4, 0.5) is 0 Å². The Kier molecular flexibility index (Phi) is 4.69. The van der Waals surface area contributed by atoms with Crippen LogP contribution < -0.4 is 10.5 Å². The molecule has 1 aromatic rings. The van der Waals surface area contributed by atoms with E-state index < -0.39 is 24.6 Å². The predicted octanol–water partition coefficient (Wildman–Crippen LogP) is 0.354. The quantitative estimate of drug-likeness (QED) is 0.757. The third-order valence-electron chi connectivity index (χ3n) is 1.98. The summed E-state index contributed by atoms with van der Waals surface area (Å²) < 4.78 is 9.86. The fourth-order valence-corrected chi connectivity index (χ4v) is 1.12. The van der Waals surface area contributed by atoms with Crippen molar-refractivity contribution in [3.8, 4) is 11.8 Å². The van der Waals surface area contributed by atoms with Gasteiger partial charge in [0.05, 0.1) is 11.6 Å². The predicted molar refractivity (Wildman–Crippen MR) is 61.4 cm³/mol. The van der Waals surface area contributed by atoms with E-state index in [4.69, 9.17) is 15.7 Å². The molecule has 0 aliphatic carbocycles. The van der Waals surface area contributed by atoms with E-state index >= 15 is 0 Å². The van der Waals surface area contributed by atoms with Gasteiger partial charge in [-0.15, -0.1) is 0 Å². The lowest BCUT2D eigenvalue weighted by Crippen LogP contribution is -2.29. The Hall–Kier alpha value is -2.55. The molecule has 0 saturated carbocycles. The van der Waals surface area contributed by atoms with Crippen LogP contribution in [0.5, 0.6) is 5.75 Å². The van der Waals surface area contributed by atoms with Crippen molar-refractivity contribution in [3.05, 3.63) is 29.8 Å². The number of esters is 1. The zero-order chi connectivity index (χ0) is 13.5. The maximum atomic E-state index is 11.4. The summed E-state index contributed by atoms with van der Waals surface area (Å²) in [4.78, 5) is 21.8. The second kappa shape index (κ2) is 6.25. The summed E-state index contributed by atoms with van der Waals surface area (Å²) in [5.74, 6) is -0.982. The molecular formula is C12H12N2O4. The fourth-order valence-electron chi connectivity index (χ4n) is 1.12. The lowest BCUT2D eigenvalue weighted by atomic mass is 10.2. The Labute approximate surface area is 104 Å². The molecular weight excluding hydrogens is 236 g/mol. The van der Waals surface area contributed by atoms with Gasteiger partial charge in [-0.05, 0) is 31.2 Å². The highest BCUT2D eigenvalue weighted by Crippen LogP contribution is 2.13. The van der Waals surface area contributed by atoms with Crippen LogP contribution in [0.15, 0.2) is 24.3 Å². The second-order valence-electron chi connectivity index (χ2n) is 3.47. The van der Waals surface area contributed by atoms with Crippen molar-refractivity contribution in [1.29, 1.82) is 5.26 Å². The lowest BCUT2D eigenvalue weighted by molar-refractivity contribution is -0.154. The van der Waals surface area contributed by atoms with Crippen LogP contribution >= 0.6 is 0 Å². The minimum absolute atomic E-state index is 0.428. The molecule has 0 heterocycles. The highest BCUT2D eigenvalue weighted by atomic mass is 16.6. The van der Waals surface area contributed by atoms with Crippen molar-refractivity contribution in [2.75, 3.05) is 6.61 Å². The first-order chi connectivity index (χ1) is 8.52. The van der Waals surface area contributed by atoms with Crippen LogP contribution in [0.1, 0.15) is 12.5 Å². The first-order valence-corrected chi connectivity index (χ1v) is 5.14. The molecule has 1 rings (SSSR count). The molecule has 6 heteroatoms. The maximum absolute atomic E-state index is 11.4. The Bertz CT molecular complexity index is 476. The number of carbonyl (C=O) groups excluding carboxylic acids is 2. The standard InChI is InChI=1S/C12H12N2O4/c1-8(12(16)17-7-11(14)15)18-10-4-2-9(6-13)3-5-10/h2-5,8H,7H2,1H3,(H2,14,15)/t8-/m0/s1. The molecule has 0 radical (unpaired) electrons.